The predicted molar refractivity (Wildman–Crippen MR) is 81.5 cm³/mol. The summed E-state index contributed by atoms with van der Waals surface area (Å²) in [5.74, 6) is 6.60. The molecule has 20 heavy (non-hydrogen) atoms. The molecule has 1 amide bonds. The standard InChI is InChI=1S/C16H28N2O2/c1-5-6-7-10-17-13-14-8-11-18(12-9-14)15(19)20-16(2,3)4/h14,17H,7-13H2,1-4H3. The van der Waals surface area contributed by atoms with Gasteiger partial charge in [-0.05, 0) is 53.0 Å². The number of rotatable bonds is 4. The summed E-state index contributed by atoms with van der Waals surface area (Å²) >= 11 is 0. The van der Waals surface area contributed by atoms with Crippen molar-refractivity contribution in [3.05, 3.63) is 0 Å². The topological polar surface area (TPSA) is 41.6 Å². The number of carbonyl (C=O) groups is 1. The number of likely N-dealkylation sites (tertiary alicyclic amines) is 1. The third-order valence-electron chi connectivity index (χ3n) is 3.30. The Morgan fingerprint density at radius 1 is 1.35 bits per heavy atom. The van der Waals surface area contributed by atoms with Gasteiger partial charge in [-0.25, -0.2) is 4.79 Å². The minimum absolute atomic E-state index is 0.179. The van der Waals surface area contributed by atoms with E-state index in [4.69, 9.17) is 4.74 Å². The van der Waals surface area contributed by atoms with Gasteiger partial charge in [-0.3, -0.25) is 0 Å². The van der Waals surface area contributed by atoms with Gasteiger partial charge in [-0.1, -0.05) is 0 Å². The molecule has 1 saturated heterocycles. The Morgan fingerprint density at radius 3 is 2.55 bits per heavy atom. The maximum absolute atomic E-state index is 11.9. The fourth-order valence-electron chi connectivity index (χ4n) is 2.23. The molecule has 0 aromatic rings. The molecule has 0 unspecified atom stereocenters. The first-order valence-electron chi connectivity index (χ1n) is 7.50. The lowest BCUT2D eigenvalue weighted by atomic mass is 9.97. The molecule has 1 aliphatic rings. The first-order chi connectivity index (χ1) is 9.42. The Balaban J connectivity index is 2.19. The maximum atomic E-state index is 11.9. The highest BCUT2D eigenvalue weighted by Gasteiger charge is 2.26. The number of carbonyl (C=O) groups excluding carboxylic acids is 1. The largest absolute Gasteiger partial charge is 0.444 e. The molecule has 0 aromatic heterocycles. The minimum atomic E-state index is -0.407. The van der Waals surface area contributed by atoms with E-state index in [1.54, 1.807) is 0 Å². The zero-order chi connectivity index (χ0) is 15.0. The molecule has 0 aromatic carbocycles. The van der Waals surface area contributed by atoms with Crippen LogP contribution in [0.2, 0.25) is 0 Å². The summed E-state index contributed by atoms with van der Waals surface area (Å²) in [7, 11) is 0. The number of amides is 1. The molecule has 1 rings (SSSR count). The Hall–Kier alpha value is -1.21. The third kappa shape index (κ3) is 6.81. The highest BCUT2D eigenvalue weighted by molar-refractivity contribution is 5.68. The second kappa shape index (κ2) is 8.16. The van der Waals surface area contributed by atoms with Gasteiger partial charge in [0.05, 0.1) is 0 Å². The fraction of sp³-hybridized carbons (Fsp3) is 0.812. The van der Waals surface area contributed by atoms with Crippen molar-refractivity contribution in [1.29, 1.82) is 0 Å². The van der Waals surface area contributed by atoms with E-state index < -0.39 is 5.60 Å². The molecule has 0 saturated carbocycles. The molecule has 1 N–H and O–H groups in total. The van der Waals surface area contributed by atoms with Crippen LogP contribution < -0.4 is 5.32 Å². The van der Waals surface area contributed by atoms with Crippen LogP contribution in [0.15, 0.2) is 0 Å². The summed E-state index contributed by atoms with van der Waals surface area (Å²) < 4.78 is 5.39. The molecule has 1 aliphatic heterocycles. The van der Waals surface area contributed by atoms with Gasteiger partial charge in [-0.2, -0.15) is 0 Å². The van der Waals surface area contributed by atoms with Crippen LogP contribution in [-0.4, -0.2) is 42.8 Å². The molecule has 114 valence electrons. The lowest BCUT2D eigenvalue weighted by molar-refractivity contribution is 0.0184. The molecule has 0 radical (unpaired) electrons. The molecule has 4 nitrogen and oxygen atoms in total. The predicted octanol–water partition coefficient (Wildman–Crippen LogP) is 2.64. The minimum Gasteiger partial charge on any atom is -0.444 e. The van der Waals surface area contributed by atoms with Gasteiger partial charge in [0.1, 0.15) is 5.60 Å². The van der Waals surface area contributed by atoms with Crippen molar-refractivity contribution in [2.24, 2.45) is 5.92 Å². The van der Waals surface area contributed by atoms with Crippen LogP contribution >= 0.6 is 0 Å². The van der Waals surface area contributed by atoms with Gasteiger partial charge in [0.2, 0.25) is 0 Å². The van der Waals surface area contributed by atoms with Gasteiger partial charge < -0.3 is 15.0 Å². The van der Waals surface area contributed by atoms with Crippen LogP contribution in [0.3, 0.4) is 0 Å². The van der Waals surface area contributed by atoms with Crippen LogP contribution in [0, 0.1) is 17.8 Å². The molecule has 4 heteroatoms. The Bertz CT molecular complexity index is 355. The number of hydrogen-bond acceptors (Lipinski definition) is 3. The molecule has 0 atom stereocenters. The third-order valence-corrected chi connectivity index (χ3v) is 3.30. The van der Waals surface area contributed by atoms with E-state index in [1.807, 2.05) is 32.6 Å². The van der Waals surface area contributed by atoms with Crippen molar-refractivity contribution in [2.75, 3.05) is 26.2 Å². The summed E-state index contributed by atoms with van der Waals surface area (Å²) in [5, 5.41) is 3.44. The Morgan fingerprint density at radius 2 is 2.00 bits per heavy atom. The van der Waals surface area contributed by atoms with Crippen LogP contribution in [0.4, 0.5) is 4.79 Å². The van der Waals surface area contributed by atoms with Crippen molar-refractivity contribution < 1.29 is 9.53 Å². The van der Waals surface area contributed by atoms with Crippen molar-refractivity contribution in [1.82, 2.24) is 10.2 Å². The summed E-state index contributed by atoms with van der Waals surface area (Å²) in [6, 6.07) is 0. The van der Waals surface area contributed by atoms with Crippen molar-refractivity contribution in [2.45, 2.75) is 52.6 Å². The van der Waals surface area contributed by atoms with E-state index in [-0.39, 0.29) is 6.09 Å². The van der Waals surface area contributed by atoms with Crippen LogP contribution in [0.5, 0.6) is 0 Å². The molecule has 0 bridgehead atoms. The Kier molecular flexibility index (Phi) is 6.87. The maximum Gasteiger partial charge on any atom is 0.410 e. The van der Waals surface area contributed by atoms with E-state index in [0.29, 0.717) is 5.92 Å². The molecule has 0 spiro atoms. The highest BCUT2D eigenvalue weighted by atomic mass is 16.6. The van der Waals surface area contributed by atoms with Gasteiger partial charge in [-0.15, -0.1) is 11.8 Å². The number of hydrogen-bond donors (Lipinski definition) is 1. The number of piperidine rings is 1. The zero-order valence-corrected chi connectivity index (χ0v) is 13.3. The monoisotopic (exact) mass is 280 g/mol. The van der Waals surface area contributed by atoms with Gasteiger partial charge in [0, 0.05) is 26.1 Å². The zero-order valence-electron chi connectivity index (χ0n) is 13.3. The summed E-state index contributed by atoms with van der Waals surface area (Å²) in [6.45, 7) is 11.2. The number of nitrogens with one attached hydrogen (secondary N) is 1. The normalized spacial score (nSPS) is 16.5. The Labute approximate surface area is 123 Å². The molecule has 1 fully saturated rings. The average molecular weight is 280 g/mol. The van der Waals surface area contributed by atoms with E-state index >= 15 is 0 Å². The summed E-state index contributed by atoms with van der Waals surface area (Å²) in [4.78, 5) is 13.7. The van der Waals surface area contributed by atoms with Crippen LogP contribution in [0.25, 0.3) is 0 Å². The number of ether oxygens (including phenoxy) is 1. The molecular weight excluding hydrogens is 252 g/mol. The molecular formula is C16H28N2O2. The molecule has 0 aliphatic carbocycles. The van der Waals surface area contributed by atoms with Crippen LogP contribution in [0.1, 0.15) is 47.0 Å². The first kappa shape index (κ1) is 16.8. The van der Waals surface area contributed by atoms with E-state index in [9.17, 15) is 4.79 Å². The quantitative estimate of drug-likeness (QED) is 0.636. The first-order valence-corrected chi connectivity index (χ1v) is 7.50. The van der Waals surface area contributed by atoms with Crippen molar-refractivity contribution in [3.8, 4) is 11.8 Å². The van der Waals surface area contributed by atoms with E-state index in [2.05, 4.69) is 17.2 Å². The summed E-state index contributed by atoms with van der Waals surface area (Å²) in [5.41, 5.74) is -0.407. The number of nitrogens with zero attached hydrogens (tertiary/aromatic N) is 1. The second-order valence-corrected chi connectivity index (χ2v) is 6.29. The van der Waals surface area contributed by atoms with Crippen molar-refractivity contribution in [3.63, 3.8) is 0 Å². The fourth-order valence-corrected chi connectivity index (χ4v) is 2.23. The van der Waals surface area contributed by atoms with Gasteiger partial charge in [0.15, 0.2) is 0 Å². The second-order valence-electron chi connectivity index (χ2n) is 6.29. The van der Waals surface area contributed by atoms with E-state index in [1.165, 1.54) is 0 Å². The highest BCUT2D eigenvalue weighted by Crippen LogP contribution is 2.19. The lowest BCUT2D eigenvalue weighted by Crippen LogP contribution is -2.43. The molecule has 1 heterocycles. The van der Waals surface area contributed by atoms with Gasteiger partial charge >= 0.3 is 6.09 Å². The van der Waals surface area contributed by atoms with E-state index in [0.717, 1.165) is 45.4 Å². The van der Waals surface area contributed by atoms with Gasteiger partial charge in [0.25, 0.3) is 0 Å². The average Bonchev–Trinajstić information content (AvgIpc) is 2.37. The lowest BCUT2D eigenvalue weighted by Gasteiger charge is -2.33. The smallest absolute Gasteiger partial charge is 0.410 e. The summed E-state index contributed by atoms with van der Waals surface area (Å²) in [6.07, 6.45) is 2.83. The SMILES string of the molecule is CC#CCCNCC1CCN(C(=O)OC(C)(C)C)CC1. The van der Waals surface area contributed by atoms with Crippen LogP contribution in [-0.2, 0) is 4.74 Å². The van der Waals surface area contributed by atoms with Crippen molar-refractivity contribution >= 4 is 6.09 Å².